The monoisotopic (exact) mass is 461 g/mol. The first-order valence-electron chi connectivity index (χ1n) is 11.0. The van der Waals surface area contributed by atoms with Crippen LogP contribution in [0.25, 0.3) is 0 Å². The summed E-state index contributed by atoms with van der Waals surface area (Å²) in [7, 11) is 3.14. The highest BCUT2D eigenvalue weighted by molar-refractivity contribution is 6.12. The van der Waals surface area contributed by atoms with Crippen LogP contribution in [0.1, 0.15) is 29.0 Å². The molecule has 1 heterocycles. The Morgan fingerprint density at radius 2 is 1.76 bits per heavy atom. The second-order valence-corrected chi connectivity index (χ2v) is 7.62. The Morgan fingerprint density at radius 1 is 1.00 bits per heavy atom. The van der Waals surface area contributed by atoms with Crippen LogP contribution in [-0.4, -0.2) is 39.2 Å². The highest BCUT2D eigenvalue weighted by atomic mass is 16.5. The summed E-state index contributed by atoms with van der Waals surface area (Å²) in [6.07, 6.45) is -0.498. The molecule has 176 valence electrons. The van der Waals surface area contributed by atoms with Crippen molar-refractivity contribution >= 4 is 23.2 Å². The van der Waals surface area contributed by atoms with Gasteiger partial charge in [0.1, 0.15) is 11.9 Å². The van der Waals surface area contributed by atoms with Gasteiger partial charge in [0.25, 0.3) is 11.8 Å². The van der Waals surface area contributed by atoms with Crippen molar-refractivity contribution in [1.29, 1.82) is 0 Å². The zero-order valence-electron chi connectivity index (χ0n) is 19.3. The van der Waals surface area contributed by atoms with Crippen LogP contribution in [-0.2, 0) is 4.79 Å². The predicted molar refractivity (Wildman–Crippen MR) is 130 cm³/mol. The van der Waals surface area contributed by atoms with Gasteiger partial charge in [0, 0.05) is 17.9 Å². The Hall–Kier alpha value is -4.20. The average molecular weight is 462 g/mol. The standard InChI is InChI=1S/C26H27N3O5/c1-4-27-24(30)16-34-22-14-9-17(15-23(22)33-3)25-28-21-8-6-5-7-20(21)26(31)29(25)18-10-12-19(32-2)13-11-18/h5-15,25,28H,4,16H2,1-3H3,(H,27,30). The molecule has 0 aliphatic carbocycles. The van der Waals surface area contributed by atoms with E-state index in [-0.39, 0.29) is 18.4 Å². The summed E-state index contributed by atoms with van der Waals surface area (Å²) in [5, 5.41) is 6.17. The SMILES string of the molecule is CCNC(=O)COc1ccc(C2Nc3ccccc3C(=O)N2c2ccc(OC)cc2)cc1OC. The summed E-state index contributed by atoms with van der Waals surface area (Å²) in [5.74, 6) is 1.27. The number of carbonyl (C=O) groups is 2. The number of fused-ring (bicyclic) bond motifs is 1. The van der Waals surface area contributed by atoms with E-state index in [4.69, 9.17) is 14.2 Å². The number of hydrogen-bond acceptors (Lipinski definition) is 6. The first kappa shape index (κ1) is 23.0. The van der Waals surface area contributed by atoms with Crippen LogP contribution >= 0.6 is 0 Å². The second kappa shape index (κ2) is 10.2. The van der Waals surface area contributed by atoms with Crippen molar-refractivity contribution in [2.75, 3.05) is 37.6 Å². The molecule has 4 rings (SSSR count). The van der Waals surface area contributed by atoms with Crippen LogP contribution in [0.2, 0.25) is 0 Å². The maximum absolute atomic E-state index is 13.6. The minimum absolute atomic E-state index is 0.116. The number of carbonyl (C=O) groups excluding carboxylic acids is 2. The van der Waals surface area contributed by atoms with Gasteiger partial charge in [0.15, 0.2) is 18.1 Å². The number of likely N-dealkylation sites (N-methyl/N-ethyl adjacent to an activating group) is 1. The van der Waals surface area contributed by atoms with Crippen molar-refractivity contribution < 1.29 is 23.8 Å². The highest BCUT2D eigenvalue weighted by Crippen LogP contribution is 2.39. The number of ether oxygens (including phenoxy) is 3. The van der Waals surface area contributed by atoms with E-state index < -0.39 is 6.17 Å². The number of anilines is 2. The summed E-state index contributed by atoms with van der Waals surface area (Å²) >= 11 is 0. The third-order valence-corrected chi connectivity index (χ3v) is 5.51. The molecule has 0 saturated heterocycles. The molecule has 34 heavy (non-hydrogen) atoms. The van der Waals surface area contributed by atoms with E-state index in [1.165, 1.54) is 7.11 Å². The number of benzene rings is 3. The van der Waals surface area contributed by atoms with Gasteiger partial charge in [-0.25, -0.2) is 0 Å². The molecule has 0 saturated carbocycles. The van der Waals surface area contributed by atoms with Crippen LogP contribution < -0.4 is 29.7 Å². The van der Waals surface area contributed by atoms with Gasteiger partial charge in [-0.1, -0.05) is 18.2 Å². The van der Waals surface area contributed by atoms with Crippen molar-refractivity contribution in [3.63, 3.8) is 0 Å². The average Bonchev–Trinajstić information content (AvgIpc) is 2.87. The van der Waals surface area contributed by atoms with Crippen molar-refractivity contribution in [3.8, 4) is 17.2 Å². The Kier molecular flexibility index (Phi) is 6.87. The molecule has 2 amide bonds. The van der Waals surface area contributed by atoms with E-state index in [1.807, 2.05) is 61.5 Å². The molecule has 0 aromatic heterocycles. The van der Waals surface area contributed by atoms with Crippen molar-refractivity contribution in [1.82, 2.24) is 5.32 Å². The Bertz CT molecular complexity index is 1180. The number of rotatable bonds is 8. The molecule has 1 aliphatic rings. The lowest BCUT2D eigenvalue weighted by Gasteiger charge is -2.38. The summed E-state index contributed by atoms with van der Waals surface area (Å²) in [6.45, 7) is 2.26. The smallest absolute Gasteiger partial charge is 0.262 e. The third kappa shape index (κ3) is 4.61. The van der Waals surface area contributed by atoms with E-state index in [9.17, 15) is 9.59 Å². The van der Waals surface area contributed by atoms with Gasteiger partial charge >= 0.3 is 0 Å². The highest BCUT2D eigenvalue weighted by Gasteiger charge is 2.34. The maximum Gasteiger partial charge on any atom is 0.262 e. The Morgan fingerprint density at radius 3 is 2.47 bits per heavy atom. The molecule has 3 aromatic rings. The summed E-state index contributed by atoms with van der Waals surface area (Å²) in [4.78, 5) is 27.1. The van der Waals surface area contributed by atoms with E-state index in [1.54, 1.807) is 24.1 Å². The fourth-order valence-electron chi connectivity index (χ4n) is 3.86. The number of nitrogens with zero attached hydrogens (tertiary/aromatic N) is 1. The quantitative estimate of drug-likeness (QED) is 0.527. The second-order valence-electron chi connectivity index (χ2n) is 7.62. The van der Waals surface area contributed by atoms with E-state index in [0.717, 1.165) is 11.3 Å². The molecule has 0 radical (unpaired) electrons. The minimum atomic E-state index is -0.498. The normalized spacial score (nSPS) is 14.6. The van der Waals surface area contributed by atoms with Gasteiger partial charge in [-0.2, -0.15) is 0 Å². The van der Waals surface area contributed by atoms with Gasteiger partial charge in [-0.15, -0.1) is 0 Å². The molecule has 1 unspecified atom stereocenters. The molecule has 0 spiro atoms. The summed E-state index contributed by atoms with van der Waals surface area (Å²) in [6, 6.07) is 20.1. The fourth-order valence-corrected chi connectivity index (χ4v) is 3.86. The zero-order chi connectivity index (χ0) is 24.1. The van der Waals surface area contributed by atoms with E-state index in [0.29, 0.717) is 35.0 Å². The molecule has 1 aliphatic heterocycles. The first-order valence-corrected chi connectivity index (χ1v) is 11.0. The lowest BCUT2D eigenvalue weighted by Crippen LogP contribution is -2.43. The first-order chi connectivity index (χ1) is 16.5. The third-order valence-electron chi connectivity index (χ3n) is 5.51. The van der Waals surface area contributed by atoms with Gasteiger partial charge in [-0.05, 0) is 61.0 Å². The zero-order valence-corrected chi connectivity index (χ0v) is 19.3. The Balaban J connectivity index is 1.70. The number of nitrogens with one attached hydrogen (secondary N) is 2. The van der Waals surface area contributed by atoms with Crippen molar-refractivity contribution in [2.45, 2.75) is 13.1 Å². The summed E-state index contributed by atoms with van der Waals surface area (Å²) in [5.41, 5.74) is 2.84. The molecule has 0 bridgehead atoms. The van der Waals surface area contributed by atoms with Gasteiger partial charge in [0.05, 0.1) is 19.8 Å². The lowest BCUT2D eigenvalue weighted by molar-refractivity contribution is -0.123. The largest absolute Gasteiger partial charge is 0.497 e. The molecule has 8 heteroatoms. The summed E-state index contributed by atoms with van der Waals surface area (Å²) < 4.78 is 16.5. The van der Waals surface area contributed by atoms with Crippen LogP contribution in [0, 0.1) is 0 Å². The molecule has 0 fully saturated rings. The van der Waals surface area contributed by atoms with Gasteiger partial charge in [-0.3, -0.25) is 14.5 Å². The fraction of sp³-hybridized carbons (Fsp3) is 0.231. The number of amides is 2. The number of hydrogen-bond donors (Lipinski definition) is 2. The number of methoxy groups -OCH3 is 2. The van der Waals surface area contributed by atoms with Crippen molar-refractivity contribution in [2.24, 2.45) is 0 Å². The minimum Gasteiger partial charge on any atom is -0.497 e. The molecular weight excluding hydrogens is 434 g/mol. The topological polar surface area (TPSA) is 89.1 Å². The van der Waals surface area contributed by atoms with Crippen LogP contribution in [0.5, 0.6) is 17.2 Å². The molecular formula is C26H27N3O5. The molecule has 1 atom stereocenters. The van der Waals surface area contributed by atoms with Crippen LogP contribution in [0.3, 0.4) is 0 Å². The van der Waals surface area contributed by atoms with Gasteiger partial charge < -0.3 is 24.8 Å². The molecule has 8 nitrogen and oxygen atoms in total. The maximum atomic E-state index is 13.6. The van der Waals surface area contributed by atoms with Crippen LogP contribution in [0.4, 0.5) is 11.4 Å². The predicted octanol–water partition coefficient (Wildman–Crippen LogP) is 3.99. The number of para-hydroxylation sites is 1. The Labute approximate surface area is 198 Å². The van der Waals surface area contributed by atoms with Gasteiger partial charge in [0.2, 0.25) is 0 Å². The van der Waals surface area contributed by atoms with E-state index >= 15 is 0 Å². The molecule has 3 aromatic carbocycles. The van der Waals surface area contributed by atoms with Crippen LogP contribution in [0.15, 0.2) is 66.7 Å². The lowest BCUT2D eigenvalue weighted by atomic mass is 10.0. The molecule has 2 N–H and O–H groups in total. The van der Waals surface area contributed by atoms with Crippen molar-refractivity contribution in [3.05, 3.63) is 77.9 Å². The van der Waals surface area contributed by atoms with E-state index in [2.05, 4.69) is 10.6 Å².